The third kappa shape index (κ3) is 3.75. The first-order valence-corrected chi connectivity index (χ1v) is 9.21. The smallest absolute Gasteiger partial charge is 0.415 e. The molecule has 3 rings (SSSR count). The predicted octanol–water partition coefficient (Wildman–Crippen LogP) is 6.16. The first-order valence-electron chi connectivity index (χ1n) is 8.42. The van der Waals surface area contributed by atoms with E-state index in [9.17, 15) is 13.6 Å². The average molecular weight is 424 g/mol. The quantitative estimate of drug-likeness (QED) is 0.549. The van der Waals surface area contributed by atoms with Gasteiger partial charge in [-0.3, -0.25) is 4.90 Å². The molecule has 1 aliphatic heterocycles. The number of hydrogen-bond acceptors (Lipinski definition) is 2. The van der Waals surface area contributed by atoms with E-state index in [4.69, 9.17) is 4.74 Å². The molecule has 0 aromatic heterocycles. The number of rotatable bonds is 1. The number of hydrogen-bond donors (Lipinski definition) is 0. The van der Waals surface area contributed by atoms with Crippen LogP contribution >= 0.6 is 15.9 Å². The Morgan fingerprint density at radius 3 is 2.54 bits per heavy atom. The van der Waals surface area contributed by atoms with Crippen molar-refractivity contribution in [1.29, 1.82) is 0 Å². The van der Waals surface area contributed by atoms with Gasteiger partial charge in [-0.1, -0.05) is 18.2 Å². The molecule has 6 heteroatoms. The second-order valence-electron chi connectivity index (χ2n) is 7.32. The van der Waals surface area contributed by atoms with E-state index in [0.29, 0.717) is 29.7 Å². The number of carbonyl (C=O) groups is 1. The topological polar surface area (TPSA) is 29.5 Å². The fourth-order valence-corrected chi connectivity index (χ4v) is 3.50. The number of amides is 1. The van der Waals surface area contributed by atoms with Gasteiger partial charge < -0.3 is 4.74 Å². The van der Waals surface area contributed by atoms with Gasteiger partial charge in [-0.25, -0.2) is 13.6 Å². The summed E-state index contributed by atoms with van der Waals surface area (Å²) in [6, 6.07) is 8.84. The highest BCUT2D eigenvalue weighted by Gasteiger charge is 2.36. The molecular weight excluding hydrogens is 404 g/mol. The molecule has 1 aliphatic rings. The molecule has 0 spiro atoms. The zero-order valence-corrected chi connectivity index (χ0v) is 16.4. The maximum Gasteiger partial charge on any atom is 0.415 e. The van der Waals surface area contributed by atoms with Crippen molar-refractivity contribution in [1.82, 2.24) is 0 Å². The number of anilines is 1. The van der Waals surface area contributed by atoms with Gasteiger partial charge in [0.05, 0.1) is 16.2 Å². The van der Waals surface area contributed by atoms with Crippen LogP contribution in [-0.4, -0.2) is 11.7 Å². The predicted molar refractivity (Wildman–Crippen MR) is 100 cm³/mol. The molecule has 0 radical (unpaired) electrons. The van der Waals surface area contributed by atoms with Gasteiger partial charge in [0.1, 0.15) is 17.2 Å². The minimum Gasteiger partial charge on any atom is -0.443 e. The molecule has 1 atom stereocenters. The van der Waals surface area contributed by atoms with Gasteiger partial charge in [-0.05, 0) is 73.3 Å². The highest BCUT2D eigenvalue weighted by molar-refractivity contribution is 9.10. The lowest BCUT2D eigenvalue weighted by Gasteiger charge is -2.38. The van der Waals surface area contributed by atoms with Crippen LogP contribution < -0.4 is 4.90 Å². The van der Waals surface area contributed by atoms with Gasteiger partial charge >= 0.3 is 6.09 Å². The number of nitrogens with zero attached hydrogens (tertiary/aromatic N) is 1. The highest BCUT2D eigenvalue weighted by atomic mass is 79.9. The molecule has 1 heterocycles. The second kappa shape index (κ2) is 6.99. The van der Waals surface area contributed by atoms with Crippen molar-refractivity contribution in [3.63, 3.8) is 0 Å². The Labute approximate surface area is 160 Å². The van der Waals surface area contributed by atoms with Crippen LogP contribution in [0.25, 0.3) is 0 Å². The van der Waals surface area contributed by atoms with Crippen LogP contribution in [0.3, 0.4) is 0 Å². The van der Waals surface area contributed by atoms with E-state index in [-0.39, 0.29) is 10.3 Å². The first kappa shape index (κ1) is 18.8. The molecule has 2 aromatic carbocycles. The van der Waals surface area contributed by atoms with Gasteiger partial charge in [0.2, 0.25) is 0 Å². The van der Waals surface area contributed by atoms with Gasteiger partial charge in [0, 0.05) is 5.56 Å². The third-order valence-corrected chi connectivity index (χ3v) is 4.84. The summed E-state index contributed by atoms with van der Waals surface area (Å²) < 4.78 is 34.2. The summed E-state index contributed by atoms with van der Waals surface area (Å²) >= 11 is 3.18. The van der Waals surface area contributed by atoms with Crippen LogP contribution in [0, 0.1) is 11.6 Å². The van der Waals surface area contributed by atoms with Gasteiger partial charge in [-0.15, -0.1) is 0 Å². The summed E-state index contributed by atoms with van der Waals surface area (Å²) in [5.74, 6) is -0.770. The second-order valence-corrected chi connectivity index (χ2v) is 8.18. The van der Waals surface area contributed by atoms with Crippen LogP contribution in [0.15, 0.2) is 40.9 Å². The van der Waals surface area contributed by atoms with Crippen molar-refractivity contribution in [3.05, 3.63) is 63.6 Å². The summed E-state index contributed by atoms with van der Waals surface area (Å²) in [6.45, 7) is 5.32. The van der Waals surface area contributed by atoms with Crippen LogP contribution in [0.1, 0.15) is 44.4 Å². The summed E-state index contributed by atoms with van der Waals surface area (Å²) in [6.07, 6.45) is 0.441. The van der Waals surface area contributed by atoms with E-state index in [1.54, 1.807) is 45.0 Å². The molecule has 0 N–H and O–H groups in total. The molecule has 0 aliphatic carbocycles. The normalized spacial score (nSPS) is 17.0. The number of ether oxygens (including phenoxy) is 1. The Bertz CT molecular complexity index is 848. The Morgan fingerprint density at radius 1 is 1.19 bits per heavy atom. The van der Waals surface area contributed by atoms with Crippen molar-refractivity contribution >= 4 is 27.7 Å². The first-order chi connectivity index (χ1) is 12.2. The number of fused-ring (bicyclic) bond motifs is 1. The lowest BCUT2D eigenvalue weighted by atomic mass is 9.91. The van der Waals surface area contributed by atoms with Crippen LogP contribution in [0.4, 0.5) is 19.3 Å². The minimum atomic E-state index is -0.703. The van der Waals surface area contributed by atoms with Crippen molar-refractivity contribution in [3.8, 4) is 0 Å². The molecule has 0 saturated carbocycles. The van der Waals surface area contributed by atoms with E-state index in [1.807, 2.05) is 0 Å². The Morgan fingerprint density at radius 2 is 1.88 bits per heavy atom. The molecule has 0 fully saturated rings. The molecule has 0 saturated heterocycles. The van der Waals surface area contributed by atoms with Gasteiger partial charge in [0.25, 0.3) is 0 Å². The van der Waals surface area contributed by atoms with E-state index in [0.717, 1.165) is 0 Å². The number of benzene rings is 2. The number of carbonyl (C=O) groups excluding carboxylic acids is 1. The zero-order valence-electron chi connectivity index (χ0n) is 14.9. The number of halogens is 3. The summed E-state index contributed by atoms with van der Waals surface area (Å²) in [5.41, 5.74) is 0.951. The summed E-state index contributed by atoms with van der Waals surface area (Å²) in [5, 5.41) is 0. The van der Waals surface area contributed by atoms with Gasteiger partial charge in [0.15, 0.2) is 0 Å². The minimum absolute atomic E-state index is 0.249. The summed E-state index contributed by atoms with van der Waals surface area (Å²) in [7, 11) is 0. The molecular formula is C20H20BrF2NO2. The van der Waals surface area contributed by atoms with E-state index in [1.165, 1.54) is 17.0 Å². The van der Waals surface area contributed by atoms with Crippen molar-refractivity contribution in [2.75, 3.05) is 4.90 Å². The Kier molecular flexibility index (Phi) is 5.06. The van der Waals surface area contributed by atoms with E-state index < -0.39 is 23.6 Å². The molecule has 26 heavy (non-hydrogen) atoms. The maximum atomic E-state index is 14.4. The number of aryl methyl sites for hydroxylation is 1. The standard InChI is InChI=1S/C20H20BrF2NO2/c1-20(2,3)26-19(25)24-17(13-6-4-5-7-15(13)22)9-8-12-10-16(23)14(21)11-18(12)24/h4-7,10-11,17H,8-9H2,1-3H3. The Balaban J connectivity index is 2.11. The molecule has 138 valence electrons. The van der Waals surface area contributed by atoms with Crippen LogP contribution in [-0.2, 0) is 11.2 Å². The fraction of sp³-hybridized carbons (Fsp3) is 0.350. The molecule has 1 amide bonds. The van der Waals surface area contributed by atoms with Crippen molar-refractivity contribution in [2.24, 2.45) is 0 Å². The fourth-order valence-electron chi connectivity index (χ4n) is 3.17. The van der Waals surface area contributed by atoms with Crippen molar-refractivity contribution in [2.45, 2.75) is 45.3 Å². The average Bonchev–Trinajstić information content (AvgIpc) is 2.54. The molecule has 1 unspecified atom stereocenters. The largest absolute Gasteiger partial charge is 0.443 e. The SMILES string of the molecule is CC(C)(C)OC(=O)N1c2cc(Br)c(F)cc2CCC1c1ccccc1F. The van der Waals surface area contributed by atoms with E-state index >= 15 is 0 Å². The molecule has 2 aromatic rings. The third-order valence-electron chi connectivity index (χ3n) is 4.23. The summed E-state index contributed by atoms with van der Waals surface area (Å²) in [4.78, 5) is 14.4. The molecule has 0 bridgehead atoms. The highest BCUT2D eigenvalue weighted by Crippen LogP contribution is 2.42. The van der Waals surface area contributed by atoms with Crippen LogP contribution in [0.2, 0.25) is 0 Å². The van der Waals surface area contributed by atoms with Crippen LogP contribution in [0.5, 0.6) is 0 Å². The van der Waals surface area contributed by atoms with Gasteiger partial charge in [-0.2, -0.15) is 0 Å². The van der Waals surface area contributed by atoms with Crippen molar-refractivity contribution < 1.29 is 18.3 Å². The maximum absolute atomic E-state index is 14.4. The Hall–Kier alpha value is -1.95. The zero-order chi connectivity index (χ0) is 19.1. The molecule has 3 nitrogen and oxygen atoms in total. The van der Waals surface area contributed by atoms with E-state index in [2.05, 4.69) is 15.9 Å². The lowest BCUT2D eigenvalue weighted by molar-refractivity contribution is 0.0559. The lowest BCUT2D eigenvalue weighted by Crippen LogP contribution is -2.42. The monoisotopic (exact) mass is 423 g/mol.